The molecular weight excluding hydrogens is 333 g/mol. The molecule has 0 amide bonds. The first-order valence-electron chi connectivity index (χ1n) is 7.72. The minimum Gasteiger partial charge on any atom is -0.491 e. The van der Waals surface area contributed by atoms with Crippen LogP contribution in [0.15, 0.2) is 52.3 Å². The second kappa shape index (κ2) is 9.16. The average Bonchev–Trinajstić information content (AvgIpc) is 2.56. The summed E-state index contributed by atoms with van der Waals surface area (Å²) in [5.74, 6) is 0.422. The molecule has 2 aromatic rings. The molecule has 0 aliphatic rings. The molecule has 0 spiro atoms. The minimum absolute atomic E-state index is 0.131. The van der Waals surface area contributed by atoms with Gasteiger partial charge in [0.1, 0.15) is 18.2 Å². The highest BCUT2D eigenvalue weighted by Crippen LogP contribution is 2.36. The fraction of sp³-hybridized carbons (Fsp3) is 0.333. The summed E-state index contributed by atoms with van der Waals surface area (Å²) in [7, 11) is 0. The van der Waals surface area contributed by atoms with Crippen molar-refractivity contribution in [1.29, 1.82) is 0 Å². The summed E-state index contributed by atoms with van der Waals surface area (Å²) in [6.45, 7) is 5.76. The molecular formula is C18H21ClFNOS. The van der Waals surface area contributed by atoms with E-state index in [1.165, 1.54) is 17.8 Å². The van der Waals surface area contributed by atoms with Crippen molar-refractivity contribution in [3.8, 4) is 5.75 Å². The van der Waals surface area contributed by atoms with Crippen LogP contribution in [0.25, 0.3) is 0 Å². The third kappa shape index (κ3) is 5.41. The first-order chi connectivity index (χ1) is 11.1. The summed E-state index contributed by atoms with van der Waals surface area (Å²) in [4.78, 5) is 1.87. The molecule has 0 aliphatic heterocycles. The lowest BCUT2D eigenvalue weighted by Crippen LogP contribution is -2.33. The van der Waals surface area contributed by atoms with Gasteiger partial charge in [0.2, 0.25) is 0 Å². The molecule has 0 saturated carbocycles. The molecule has 2 aromatic carbocycles. The molecule has 1 N–H and O–H groups in total. The molecule has 124 valence electrons. The maximum absolute atomic E-state index is 13.3. The highest BCUT2D eigenvalue weighted by atomic mass is 35.5. The molecule has 1 unspecified atom stereocenters. The van der Waals surface area contributed by atoms with Gasteiger partial charge in [-0.3, -0.25) is 0 Å². The molecule has 2 nitrogen and oxygen atoms in total. The standard InChI is InChI=1S/C18H21ClFNOS/c1-3-13(21-4-2)12-22-17-7-5-6-8-18(17)23-14-9-10-16(20)15(19)11-14/h5-11,13,21H,3-4,12H2,1-2H3. The lowest BCUT2D eigenvalue weighted by atomic mass is 10.2. The summed E-state index contributed by atoms with van der Waals surface area (Å²) < 4.78 is 19.2. The zero-order valence-corrected chi connectivity index (χ0v) is 14.9. The van der Waals surface area contributed by atoms with Crippen LogP contribution in [0.4, 0.5) is 4.39 Å². The zero-order chi connectivity index (χ0) is 16.7. The lowest BCUT2D eigenvalue weighted by molar-refractivity contribution is 0.257. The van der Waals surface area contributed by atoms with Crippen molar-refractivity contribution in [1.82, 2.24) is 5.32 Å². The molecule has 0 heterocycles. The lowest BCUT2D eigenvalue weighted by Gasteiger charge is -2.18. The number of rotatable bonds is 8. The van der Waals surface area contributed by atoms with E-state index >= 15 is 0 Å². The van der Waals surface area contributed by atoms with E-state index in [4.69, 9.17) is 16.3 Å². The molecule has 5 heteroatoms. The van der Waals surface area contributed by atoms with E-state index in [2.05, 4.69) is 19.2 Å². The highest BCUT2D eigenvalue weighted by Gasteiger charge is 2.10. The Hall–Kier alpha value is -1.23. The van der Waals surface area contributed by atoms with Gasteiger partial charge in [-0.25, -0.2) is 4.39 Å². The number of ether oxygens (including phenoxy) is 1. The maximum atomic E-state index is 13.3. The van der Waals surface area contributed by atoms with Gasteiger partial charge in [-0.1, -0.05) is 49.3 Å². The summed E-state index contributed by atoms with van der Waals surface area (Å²) >= 11 is 7.36. The van der Waals surface area contributed by atoms with Gasteiger partial charge >= 0.3 is 0 Å². The molecule has 0 fully saturated rings. The van der Waals surface area contributed by atoms with E-state index in [1.54, 1.807) is 12.1 Å². The SMILES string of the molecule is CCNC(CC)COc1ccccc1Sc1ccc(F)c(Cl)c1. The number of halogens is 2. The van der Waals surface area contributed by atoms with E-state index in [9.17, 15) is 4.39 Å². The van der Waals surface area contributed by atoms with Crippen molar-refractivity contribution in [3.63, 3.8) is 0 Å². The third-order valence-corrected chi connectivity index (χ3v) is 4.73. The zero-order valence-electron chi connectivity index (χ0n) is 13.3. The van der Waals surface area contributed by atoms with Crippen LogP contribution in [0.1, 0.15) is 20.3 Å². The van der Waals surface area contributed by atoms with Crippen molar-refractivity contribution in [2.45, 2.75) is 36.1 Å². The van der Waals surface area contributed by atoms with Crippen LogP contribution in [0, 0.1) is 5.82 Å². The summed E-state index contributed by atoms with van der Waals surface area (Å²) in [5.41, 5.74) is 0. The van der Waals surface area contributed by atoms with Gasteiger partial charge in [0, 0.05) is 10.9 Å². The second-order valence-electron chi connectivity index (χ2n) is 5.10. The fourth-order valence-electron chi connectivity index (χ4n) is 2.12. The Labute approximate surface area is 146 Å². The van der Waals surface area contributed by atoms with Crippen LogP contribution in [-0.2, 0) is 0 Å². The quantitative estimate of drug-likeness (QED) is 0.686. The summed E-state index contributed by atoms with van der Waals surface area (Å²) in [5, 5.41) is 3.53. The van der Waals surface area contributed by atoms with Gasteiger partial charge in [0.05, 0.1) is 9.92 Å². The molecule has 0 saturated heterocycles. The molecule has 0 aromatic heterocycles. The highest BCUT2D eigenvalue weighted by molar-refractivity contribution is 7.99. The van der Waals surface area contributed by atoms with Crippen molar-refractivity contribution in [2.75, 3.05) is 13.2 Å². The molecule has 2 rings (SSSR count). The first-order valence-corrected chi connectivity index (χ1v) is 8.91. The van der Waals surface area contributed by atoms with Crippen molar-refractivity contribution in [3.05, 3.63) is 53.3 Å². The van der Waals surface area contributed by atoms with Gasteiger partial charge in [0.15, 0.2) is 0 Å². The molecule has 0 radical (unpaired) electrons. The van der Waals surface area contributed by atoms with Gasteiger partial charge in [-0.05, 0) is 43.3 Å². The summed E-state index contributed by atoms with van der Waals surface area (Å²) in [6, 6.07) is 12.9. The van der Waals surface area contributed by atoms with Gasteiger partial charge in [-0.15, -0.1) is 0 Å². The van der Waals surface area contributed by atoms with E-state index in [0.29, 0.717) is 12.6 Å². The Balaban J connectivity index is 2.09. The van der Waals surface area contributed by atoms with Crippen LogP contribution in [0.2, 0.25) is 5.02 Å². The Morgan fingerprint density at radius 2 is 2.00 bits per heavy atom. The number of benzene rings is 2. The smallest absolute Gasteiger partial charge is 0.141 e. The Morgan fingerprint density at radius 1 is 1.22 bits per heavy atom. The minimum atomic E-state index is -0.406. The Morgan fingerprint density at radius 3 is 2.70 bits per heavy atom. The van der Waals surface area contributed by atoms with Crippen LogP contribution >= 0.6 is 23.4 Å². The fourth-order valence-corrected chi connectivity index (χ4v) is 3.31. The van der Waals surface area contributed by atoms with Crippen molar-refractivity contribution in [2.24, 2.45) is 0 Å². The number of para-hydroxylation sites is 1. The van der Waals surface area contributed by atoms with E-state index in [1.807, 2.05) is 24.3 Å². The summed E-state index contributed by atoms with van der Waals surface area (Å²) in [6.07, 6.45) is 1.01. The largest absolute Gasteiger partial charge is 0.491 e. The predicted molar refractivity (Wildman–Crippen MR) is 95.2 cm³/mol. The Bertz CT molecular complexity index is 638. The first kappa shape index (κ1) is 18.1. The van der Waals surface area contributed by atoms with Crippen LogP contribution < -0.4 is 10.1 Å². The number of hydrogen-bond acceptors (Lipinski definition) is 3. The van der Waals surface area contributed by atoms with Crippen molar-refractivity contribution < 1.29 is 9.13 Å². The van der Waals surface area contributed by atoms with Gasteiger partial charge in [0.25, 0.3) is 0 Å². The van der Waals surface area contributed by atoms with E-state index in [-0.39, 0.29) is 5.02 Å². The van der Waals surface area contributed by atoms with Crippen LogP contribution in [0.3, 0.4) is 0 Å². The average molecular weight is 354 g/mol. The number of likely N-dealkylation sites (N-methyl/N-ethyl adjacent to an activating group) is 1. The van der Waals surface area contributed by atoms with Gasteiger partial charge < -0.3 is 10.1 Å². The van der Waals surface area contributed by atoms with Crippen LogP contribution in [0.5, 0.6) is 5.75 Å². The monoisotopic (exact) mass is 353 g/mol. The topological polar surface area (TPSA) is 21.3 Å². The van der Waals surface area contributed by atoms with E-state index < -0.39 is 5.82 Å². The number of nitrogens with one attached hydrogen (secondary N) is 1. The second-order valence-corrected chi connectivity index (χ2v) is 6.62. The predicted octanol–water partition coefficient (Wildman–Crippen LogP) is 5.40. The van der Waals surface area contributed by atoms with E-state index in [0.717, 1.165) is 28.5 Å². The number of hydrogen-bond donors (Lipinski definition) is 1. The molecule has 1 atom stereocenters. The maximum Gasteiger partial charge on any atom is 0.141 e. The Kier molecular flexibility index (Phi) is 7.21. The molecule has 0 bridgehead atoms. The van der Waals surface area contributed by atoms with Gasteiger partial charge in [-0.2, -0.15) is 0 Å². The van der Waals surface area contributed by atoms with Crippen LogP contribution in [-0.4, -0.2) is 19.2 Å². The van der Waals surface area contributed by atoms with Crippen molar-refractivity contribution >= 4 is 23.4 Å². The molecule has 23 heavy (non-hydrogen) atoms. The normalized spacial score (nSPS) is 12.2. The molecule has 0 aliphatic carbocycles. The third-order valence-electron chi connectivity index (χ3n) is 3.39.